The van der Waals surface area contributed by atoms with E-state index in [0.29, 0.717) is 6.04 Å². The number of likely N-dealkylation sites (tertiary alicyclic amines) is 1. The molecule has 2 N–H and O–H groups in total. The molecule has 1 saturated heterocycles. The second kappa shape index (κ2) is 5.54. The fourth-order valence-corrected chi connectivity index (χ4v) is 2.81. The van der Waals surface area contributed by atoms with Crippen LogP contribution in [-0.2, 0) is 0 Å². The average molecular weight is 222 g/mol. The molecule has 0 unspecified atom stereocenters. The van der Waals surface area contributed by atoms with Crippen molar-refractivity contribution in [3.63, 3.8) is 0 Å². The minimum Gasteiger partial charge on any atom is -0.326 e. The Labute approximate surface area is 95.8 Å². The van der Waals surface area contributed by atoms with Crippen LogP contribution in [0.25, 0.3) is 0 Å². The molecule has 1 atom stereocenters. The van der Waals surface area contributed by atoms with Crippen molar-refractivity contribution in [2.75, 3.05) is 25.4 Å². The maximum Gasteiger partial charge on any atom is 0.0180 e. The molecule has 15 heavy (non-hydrogen) atoms. The van der Waals surface area contributed by atoms with Gasteiger partial charge in [-0.3, -0.25) is 0 Å². The summed E-state index contributed by atoms with van der Waals surface area (Å²) in [7, 11) is 0. The Balaban J connectivity index is 1.67. The minimum absolute atomic E-state index is 0.409. The zero-order chi connectivity index (χ0) is 10.5. The predicted octanol–water partition coefficient (Wildman–Crippen LogP) is 1.81. The van der Waals surface area contributed by atoms with E-state index < -0.39 is 0 Å². The highest BCUT2D eigenvalue weighted by Crippen LogP contribution is 2.17. The summed E-state index contributed by atoms with van der Waals surface area (Å²) >= 11 is 1.93. The molecule has 1 aliphatic rings. The molecule has 1 aromatic rings. The molecule has 1 fully saturated rings. The monoisotopic (exact) mass is 222 g/mol. The summed E-state index contributed by atoms with van der Waals surface area (Å²) in [6.45, 7) is 3.42. The first-order chi connectivity index (χ1) is 7.34. The molecule has 0 bridgehead atoms. The number of benzene rings is 1. The molecule has 3 heteroatoms. The highest BCUT2D eigenvalue weighted by molar-refractivity contribution is 7.99. The zero-order valence-electron chi connectivity index (χ0n) is 8.93. The van der Waals surface area contributed by atoms with Crippen LogP contribution in [-0.4, -0.2) is 36.3 Å². The third-order valence-corrected chi connectivity index (χ3v) is 3.72. The van der Waals surface area contributed by atoms with Crippen molar-refractivity contribution < 1.29 is 0 Å². The van der Waals surface area contributed by atoms with Gasteiger partial charge in [-0.15, -0.1) is 11.8 Å². The Hall–Kier alpha value is -0.510. The van der Waals surface area contributed by atoms with E-state index in [0.717, 1.165) is 25.3 Å². The van der Waals surface area contributed by atoms with Gasteiger partial charge in [-0.05, 0) is 25.1 Å². The molecule has 0 aliphatic carbocycles. The second-order valence-corrected chi connectivity index (χ2v) is 5.18. The first-order valence-corrected chi connectivity index (χ1v) is 6.49. The Bertz CT molecular complexity index is 289. The summed E-state index contributed by atoms with van der Waals surface area (Å²) in [5, 5.41) is 0. The van der Waals surface area contributed by atoms with E-state index >= 15 is 0 Å². The van der Waals surface area contributed by atoms with Crippen LogP contribution in [0.5, 0.6) is 0 Å². The maximum atomic E-state index is 5.86. The lowest BCUT2D eigenvalue weighted by Crippen LogP contribution is -2.28. The molecule has 0 aromatic heterocycles. The summed E-state index contributed by atoms with van der Waals surface area (Å²) < 4.78 is 0. The lowest BCUT2D eigenvalue weighted by atomic mass is 10.3. The Morgan fingerprint density at radius 3 is 2.80 bits per heavy atom. The molecule has 0 saturated carbocycles. The van der Waals surface area contributed by atoms with Gasteiger partial charge in [0.05, 0.1) is 0 Å². The smallest absolute Gasteiger partial charge is 0.0180 e. The van der Waals surface area contributed by atoms with Gasteiger partial charge in [-0.2, -0.15) is 0 Å². The van der Waals surface area contributed by atoms with Crippen molar-refractivity contribution in [2.24, 2.45) is 5.73 Å². The molecule has 1 heterocycles. The lowest BCUT2D eigenvalue weighted by Gasteiger charge is -2.14. The molecule has 1 aliphatic heterocycles. The van der Waals surface area contributed by atoms with Crippen molar-refractivity contribution in [1.82, 2.24) is 4.90 Å². The van der Waals surface area contributed by atoms with Crippen LogP contribution in [0.1, 0.15) is 6.42 Å². The van der Waals surface area contributed by atoms with Gasteiger partial charge in [-0.1, -0.05) is 18.2 Å². The largest absolute Gasteiger partial charge is 0.326 e. The van der Waals surface area contributed by atoms with Crippen molar-refractivity contribution in [3.05, 3.63) is 30.3 Å². The van der Waals surface area contributed by atoms with E-state index in [9.17, 15) is 0 Å². The molecule has 2 rings (SSSR count). The summed E-state index contributed by atoms with van der Waals surface area (Å²) in [4.78, 5) is 3.82. The fraction of sp³-hybridized carbons (Fsp3) is 0.500. The van der Waals surface area contributed by atoms with Crippen LogP contribution in [0, 0.1) is 0 Å². The van der Waals surface area contributed by atoms with Crippen LogP contribution < -0.4 is 5.73 Å². The third-order valence-electron chi connectivity index (χ3n) is 2.73. The Morgan fingerprint density at radius 1 is 1.33 bits per heavy atom. The second-order valence-electron chi connectivity index (χ2n) is 4.01. The van der Waals surface area contributed by atoms with Gasteiger partial charge in [0, 0.05) is 29.8 Å². The normalized spacial score (nSPS) is 22.1. The standard InChI is InChI=1S/C12H18N2S/c13-11-6-7-14(10-11)8-9-15-12-4-2-1-3-5-12/h1-5,11H,6-10,13H2/t11-/m0/s1. The number of thioether (sulfide) groups is 1. The number of nitrogens with zero attached hydrogens (tertiary/aromatic N) is 1. The van der Waals surface area contributed by atoms with Crippen LogP contribution in [0.15, 0.2) is 35.2 Å². The SMILES string of the molecule is N[C@H]1CCN(CCSc2ccccc2)C1. The van der Waals surface area contributed by atoms with E-state index in [1.54, 1.807) is 0 Å². The fourth-order valence-electron chi connectivity index (χ4n) is 1.88. The third kappa shape index (κ3) is 3.52. The molecule has 2 nitrogen and oxygen atoms in total. The maximum absolute atomic E-state index is 5.86. The van der Waals surface area contributed by atoms with Crippen LogP contribution in [0.4, 0.5) is 0 Å². The Kier molecular flexibility index (Phi) is 4.06. The summed E-state index contributed by atoms with van der Waals surface area (Å²) in [6.07, 6.45) is 1.16. The van der Waals surface area contributed by atoms with Crippen molar-refractivity contribution in [2.45, 2.75) is 17.4 Å². The molecule has 1 aromatic carbocycles. The van der Waals surface area contributed by atoms with E-state index in [2.05, 4.69) is 35.2 Å². The van der Waals surface area contributed by atoms with Gasteiger partial charge < -0.3 is 10.6 Å². The van der Waals surface area contributed by atoms with Crippen molar-refractivity contribution >= 4 is 11.8 Å². The van der Waals surface area contributed by atoms with E-state index in [1.807, 2.05) is 11.8 Å². The molecule has 0 radical (unpaired) electrons. The number of hydrogen-bond donors (Lipinski definition) is 1. The first kappa shape index (κ1) is 11.0. The van der Waals surface area contributed by atoms with E-state index in [4.69, 9.17) is 5.73 Å². The lowest BCUT2D eigenvalue weighted by molar-refractivity contribution is 0.357. The van der Waals surface area contributed by atoms with Crippen molar-refractivity contribution in [3.8, 4) is 0 Å². The van der Waals surface area contributed by atoms with E-state index in [1.165, 1.54) is 11.4 Å². The first-order valence-electron chi connectivity index (χ1n) is 5.50. The molecular formula is C12H18N2S. The molecule has 0 spiro atoms. The molecule has 82 valence electrons. The number of hydrogen-bond acceptors (Lipinski definition) is 3. The highest BCUT2D eigenvalue weighted by atomic mass is 32.2. The van der Waals surface area contributed by atoms with Crippen LogP contribution >= 0.6 is 11.8 Å². The van der Waals surface area contributed by atoms with Gasteiger partial charge in [0.25, 0.3) is 0 Å². The number of nitrogens with two attached hydrogens (primary N) is 1. The summed E-state index contributed by atoms with van der Waals surface area (Å²) in [5.74, 6) is 1.16. The van der Waals surface area contributed by atoms with Crippen LogP contribution in [0.2, 0.25) is 0 Å². The van der Waals surface area contributed by atoms with Gasteiger partial charge in [-0.25, -0.2) is 0 Å². The highest BCUT2D eigenvalue weighted by Gasteiger charge is 2.17. The zero-order valence-corrected chi connectivity index (χ0v) is 9.75. The average Bonchev–Trinajstić information content (AvgIpc) is 2.66. The summed E-state index contributed by atoms with van der Waals surface area (Å²) in [6, 6.07) is 11.0. The van der Waals surface area contributed by atoms with Gasteiger partial charge in [0.1, 0.15) is 0 Å². The number of rotatable bonds is 4. The minimum atomic E-state index is 0.409. The Morgan fingerprint density at radius 2 is 2.13 bits per heavy atom. The summed E-state index contributed by atoms with van der Waals surface area (Å²) in [5.41, 5.74) is 5.86. The van der Waals surface area contributed by atoms with Crippen molar-refractivity contribution in [1.29, 1.82) is 0 Å². The van der Waals surface area contributed by atoms with Crippen LogP contribution in [0.3, 0.4) is 0 Å². The molecule has 0 amide bonds. The topological polar surface area (TPSA) is 29.3 Å². The molecular weight excluding hydrogens is 204 g/mol. The van der Waals surface area contributed by atoms with E-state index in [-0.39, 0.29) is 0 Å². The predicted molar refractivity (Wildman–Crippen MR) is 66.2 cm³/mol. The van der Waals surface area contributed by atoms with Gasteiger partial charge in [0.2, 0.25) is 0 Å². The van der Waals surface area contributed by atoms with Gasteiger partial charge >= 0.3 is 0 Å². The quantitative estimate of drug-likeness (QED) is 0.788. The van der Waals surface area contributed by atoms with Gasteiger partial charge in [0.15, 0.2) is 0 Å².